The van der Waals surface area contributed by atoms with E-state index in [-0.39, 0.29) is 17.9 Å². The van der Waals surface area contributed by atoms with Gasteiger partial charge < -0.3 is 5.32 Å². The summed E-state index contributed by atoms with van der Waals surface area (Å²) < 4.78 is 1.97. The van der Waals surface area contributed by atoms with Gasteiger partial charge in [-0.15, -0.1) is 5.10 Å². The zero-order valence-corrected chi connectivity index (χ0v) is 18.8. The van der Waals surface area contributed by atoms with Gasteiger partial charge in [0.2, 0.25) is 5.91 Å². The molecule has 2 bridgehead atoms. The third-order valence-electron chi connectivity index (χ3n) is 6.87. The number of fused-ring (bicyclic) bond motifs is 3. The second-order valence-corrected chi connectivity index (χ2v) is 9.47. The average Bonchev–Trinajstić information content (AvgIpc) is 3.28. The number of amides is 1. The van der Waals surface area contributed by atoms with Crippen LogP contribution in [0.2, 0.25) is 0 Å². The predicted octanol–water partition coefficient (Wildman–Crippen LogP) is 3.85. The number of rotatable bonds is 6. The van der Waals surface area contributed by atoms with Crippen LogP contribution in [0, 0.1) is 11.8 Å². The number of carbonyl (C=O) groups is 1. The number of piperidine rings is 3. The van der Waals surface area contributed by atoms with E-state index in [0.29, 0.717) is 12.0 Å². The molecule has 2 unspecified atom stereocenters. The molecule has 3 aromatic rings. The van der Waals surface area contributed by atoms with Gasteiger partial charge in [-0.1, -0.05) is 59.8 Å². The van der Waals surface area contributed by atoms with E-state index < -0.39 is 0 Å². The zero-order chi connectivity index (χ0) is 22.1. The van der Waals surface area contributed by atoms with Gasteiger partial charge in [-0.3, -0.25) is 14.4 Å². The molecule has 0 aliphatic carbocycles. The molecule has 6 heteroatoms. The molecule has 3 aliphatic rings. The number of hydrogen-bond acceptors (Lipinski definition) is 4. The standard InChI is InChI=1S/C26H31N5O/c1-18(2)27-26(32)24-16-30-13-12-22(24)14-23(30)15-31-17-25(28-29-31)21-10-8-20(9-11-21)19-6-4-3-5-7-19/h3-11,17-18,22-24H,12-16H2,1-2H3,(H,27,32)/t22?,23-,24+/m1/s1. The lowest BCUT2D eigenvalue weighted by molar-refractivity contribution is -0.133. The van der Waals surface area contributed by atoms with Crippen LogP contribution in [0.3, 0.4) is 0 Å². The largest absolute Gasteiger partial charge is 0.354 e. The molecule has 6 nitrogen and oxygen atoms in total. The van der Waals surface area contributed by atoms with E-state index in [0.717, 1.165) is 43.7 Å². The normalized spacial score (nSPS) is 24.6. The van der Waals surface area contributed by atoms with Gasteiger partial charge in [-0.05, 0) is 50.3 Å². The first kappa shape index (κ1) is 20.9. The number of nitrogens with one attached hydrogen (secondary N) is 1. The molecular weight excluding hydrogens is 398 g/mol. The maximum atomic E-state index is 12.6. The summed E-state index contributed by atoms with van der Waals surface area (Å²) in [5.41, 5.74) is 4.38. The van der Waals surface area contributed by atoms with Crippen molar-refractivity contribution in [3.05, 3.63) is 60.8 Å². The van der Waals surface area contributed by atoms with Gasteiger partial charge in [0.1, 0.15) is 5.69 Å². The van der Waals surface area contributed by atoms with Gasteiger partial charge >= 0.3 is 0 Å². The summed E-state index contributed by atoms with van der Waals surface area (Å²) in [4.78, 5) is 15.0. The summed E-state index contributed by atoms with van der Waals surface area (Å²) in [5.74, 6) is 0.809. The van der Waals surface area contributed by atoms with E-state index in [4.69, 9.17) is 0 Å². The quantitative estimate of drug-likeness (QED) is 0.647. The van der Waals surface area contributed by atoms with Gasteiger partial charge in [-0.25, -0.2) is 0 Å². The molecule has 3 aliphatic heterocycles. The highest BCUT2D eigenvalue weighted by atomic mass is 16.2. The van der Waals surface area contributed by atoms with Crippen molar-refractivity contribution in [3.63, 3.8) is 0 Å². The molecule has 0 spiro atoms. The van der Waals surface area contributed by atoms with E-state index in [2.05, 4.69) is 69.1 Å². The van der Waals surface area contributed by atoms with Crippen molar-refractivity contribution in [2.45, 2.75) is 45.3 Å². The highest BCUT2D eigenvalue weighted by molar-refractivity contribution is 5.79. The van der Waals surface area contributed by atoms with Gasteiger partial charge in [0, 0.05) is 24.2 Å². The highest BCUT2D eigenvalue weighted by Crippen LogP contribution is 2.37. The molecule has 1 aromatic heterocycles. The number of carbonyl (C=O) groups excluding carboxylic acids is 1. The first-order valence-corrected chi connectivity index (χ1v) is 11.7. The second kappa shape index (κ2) is 8.87. The van der Waals surface area contributed by atoms with Crippen molar-refractivity contribution in [2.75, 3.05) is 13.1 Å². The zero-order valence-electron chi connectivity index (χ0n) is 18.8. The number of aromatic nitrogens is 3. The SMILES string of the molecule is CC(C)NC(=O)[C@H]1CN2CCC1C[C@@H]2Cn1cc(-c2ccc(-c3ccccc3)cc2)nn1. The Morgan fingerprint density at radius 2 is 1.78 bits per heavy atom. The Morgan fingerprint density at radius 3 is 2.47 bits per heavy atom. The van der Waals surface area contributed by atoms with Gasteiger partial charge in [0.15, 0.2) is 0 Å². The second-order valence-electron chi connectivity index (χ2n) is 9.47. The molecular formula is C26H31N5O. The van der Waals surface area contributed by atoms with Gasteiger partial charge in [0.25, 0.3) is 0 Å². The van der Waals surface area contributed by atoms with Crippen molar-refractivity contribution in [1.29, 1.82) is 0 Å². The highest BCUT2D eigenvalue weighted by Gasteiger charge is 2.43. The van der Waals surface area contributed by atoms with E-state index in [1.54, 1.807) is 0 Å². The molecule has 1 N–H and O–H groups in total. The van der Waals surface area contributed by atoms with Crippen LogP contribution >= 0.6 is 0 Å². The van der Waals surface area contributed by atoms with Crippen LogP contribution in [0.4, 0.5) is 0 Å². The lowest BCUT2D eigenvalue weighted by Gasteiger charge is -2.49. The topological polar surface area (TPSA) is 63.1 Å². The lowest BCUT2D eigenvalue weighted by Crippen LogP contribution is -2.58. The average molecular weight is 430 g/mol. The minimum Gasteiger partial charge on any atom is -0.354 e. The summed E-state index contributed by atoms with van der Waals surface area (Å²) in [6.07, 6.45) is 4.21. The number of hydrogen-bond donors (Lipinski definition) is 1. The molecule has 6 rings (SSSR count). The third kappa shape index (κ3) is 4.32. The predicted molar refractivity (Wildman–Crippen MR) is 126 cm³/mol. The monoisotopic (exact) mass is 429 g/mol. The molecule has 32 heavy (non-hydrogen) atoms. The Labute approximate surface area is 189 Å². The van der Waals surface area contributed by atoms with Crippen LogP contribution in [0.1, 0.15) is 26.7 Å². The number of nitrogens with zero attached hydrogens (tertiary/aromatic N) is 4. The fraction of sp³-hybridized carbons (Fsp3) is 0.423. The number of benzene rings is 2. The first-order valence-electron chi connectivity index (χ1n) is 11.7. The molecule has 3 saturated heterocycles. The molecule has 166 valence electrons. The van der Waals surface area contributed by atoms with Crippen LogP contribution in [-0.2, 0) is 11.3 Å². The maximum Gasteiger partial charge on any atom is 0.224 e. The Hall–Kier alpha value is -2.99. The summed E-state index contributed by atoms with van der Waals surface area (Å²) >= 11 is 0. The lowest BCUT2D eigenvalue weighted by atomic mass is 9.75. The minimum atomic E-state index is 0.122. The van der Waals surface area contributed by atoms with Gasteiger partial charge in [0.05, 0.1) is 18.7 Å². The Kier molecular flexibility index (Phi) is 5.79. The molecule has 0 saturated carbocycles. The fourth-order valence-corrected chi connectivity index (χ4v) is 5.22. The Balaban J connectivity index is 1.23. The maximum absolute atomic E-state index is 12.6. The summed E-state index contributed by atoms with van der Waals surface area (Å²) in [5, 5.41) is 11.9. The van der Waals surface area contributed by atoms with E-state index in [1.807, 2.05) is 30.8 Å². The van der Waals surface area contributed by atoms with E-state index >= 15 is 0 Å². The minimum absolute atomic E-state index is 0.122. The molecule has 4 atom stereocenters. The molecule has 0 radical (unpaired) electrons. The van der Waals surface area contributed by atoms with Crippen LogP contribution in [0.15, 0.2) is 60.8 Å². The van der Waals surface area contributed by atoms with Crippen molar-refractivity contribution in [1.82, 2.24) is 25.2 Å². The van der Waals surface area contributed by atoms with Gasteiger partial charge in [-0.2, -0.15) is 0 Å². The molecule has 3 fully saturated rings. The molecule has 4 heterocycles. The molecule has 2 aromatic carbocycles. The van der Waals surface area contributed by atoms with E-state index in [9.17, 15) is 4.79 Å². The summed E-state index contributed by atoms with van der Waals surface area (Å²) in [6, 6.07) is 19.5. The summed E-state index contributed by atoms with van der Waals surface area (Å²) in [7, 11) is 0. The molecule has 1 amide bonds. The van der Waals surface area contributed by atoms with Crippen molar-refractivity contribution in [3.8, 4) is 22.4 Å². The Bertz CT molecular complexity index is 1060. The van der Waals surface area contributed by atoms with Crippen LogP contribution < -0.4 is 5.32 Å². The van der Waals surface area contributed by atoms with Crippen molar-refractivity contribution >= 4 is 5.91 Å². The van der Waals surface area contributed by atoms with Crippen LogP contribution in [0.25, 0.3) is 22.4 Å². The first-order chi connectivity index (χ1) is 15.6. The van der Waals surface area contributed by atoms with Crippen LogP contribution in [-0.4, -0.2) is 51.0 Å². The van der Waals surface area contributed by atoms with E-state index in [1.165, 1.54) is 11.1 Å². The fourth-order valence-electron chi connectivity index (χ4n) is 5.22. The van der Waals surface area contributed by atoms with Crippen molar-refractivity contribution in [2.24, 2.45) is 11.8 Å². The third-order valence-corrected chi connectivity index (χ3v) is 6.87. The smallest absolute Gasteiger partial charge is 0.224 e. The van der Waals surface area contributed by atoms with Crippen LogP contribution in [0.5, 0.6) is 0 Å². The Morgan fingerprint density at radius 1 is 1.06 bits per heavy atom. The van der Waals surface area contributed by atoms with Crippen molar-refractivity contribution < 1.29 is 4.79 Å². The summed E-state index contributed by atoms with van der Waals surface area (Å²) in [6.45, 7) is 6.81.